The Morgan fingerprint density at radius 1 is 1.23 bits per heavy atom. The maximum absolute atomic E-state index is 12.7. The first kappa shape index (κ1) is 20.1. The molecule has 0 radical (unpaired) electrons. The van der Waals surface area contributed by atoms with Crippen molar-refractivity contribution in [1.82, 2.24) is 4.90 Å². The van der Waals surface area contributed by atoms with Crippen LogP contribution in [0, 0.1) is 6.92 Å². The summed E-state index contributed by atoms with van der Waals surface area (Å²) in [5.41, 5.74) is 2.56. The van der Waals surface area contributed by atoms with Crippen molar-refractivity contribution < 1.29 is 14.3 Å². The topological polar surface area (TPSA) is 50.8 Å². The number of carbonyl (C=O) groups excluding carboxylic acids is 1. The van der Waals surface area contributed by atoms with Gasteiger partial charge in [-0.3, -0.25) is 9.69 Å². The molecule has 1 atom stereocenters. The van der Waals surface area contributed by atoms with Crippen LogP contribution in [0.2, 0.25) is 5.02 Å². The van der Waals surface area contributed by atoms with Crippen LogP contribution in [0.5, 0.6) is 11.5 Å². The van der Waals surface area contributed by atoms with Crippen molar-refractivity contribution in [3.8, 4) is 11.5 Å². The number of methoxy groups -OCH3 is 2. The van der Waals surface area contributed by atoms with Gasteiger partial charge in [-0.15, -0.1) is 0 Å². The zero-order valence-corrected chi connectivity index (χ0v) is 16.6. The van der Waals surface area contributed by atoms with Crippen molar-refractivity contribution in [3.05, 3.63) is 52.5 Å². The maximum atomic E-state index is 12.7. The smallest absolute Gasteiger partial charge is 0.241 e. The van der Waals surface area contributed by atoms with E-state index in [-0.39, 0.29) is 11.9 Å². The average Bonchev–Trinajstić information content (AvgIpc) is 2.63. The highest BCUT2D eigenvalue weighted by atomic mass is 35.5. The van der Waals surface area contributed by atoms with E-state index >= 15 is 0 Å². The summed E-state index contributed by atoms with van der Waals surface area (Å²) >= 11 is 6.12. The van der Waals surface area contributed by atoms with E-state index in [9.17, 15) is 4.79 Å². The van der Waals surface area contributed by atoms with Gasteiger partial charge in [0.1, 0.15) is 11.5 Å². The van der Waals surface area contributed by atoms with E-state index in [1.807, 2.05) is 56.1 Å². The van der Waals surface area contributed by atoms with Crippen molar-refractivity contribution in [2.24, 2.45) is 0 Å². The molecule has 1 unspecified atom stereocenters. The van der Waals surface area contributed by atoms with Gasteiger partial charge < -0.3 is 14.8 Å². The molecule has 0 saturated carbocycles. The van der Waals surface area contributed by atoms with Crippen LogP contribution in [0.25, 0.3) is 0 Å². The van der Waals surface area contributed by atoms with Crippen molar-refractivity contribution in [1.29, 1.82) is 0 Å². The number of amides is 1. The van der Waals surface area contributed by atoms with Gasteiger partial charge >= 0.3 is 0 Å². The summed E-state index contributed by atoms with van der Waals surface area (Å²) < 4.78 is 10.6. The highest BCUT2D eigenvalue weighted by Crippen LogP contribution is 2.31. The van der Waals surface area contributed by atoms with E-state index < -0.39 is 0 Å². The van der Waals surface area contributed by atoms with Gasteiger partial charge in [-0.05, 0) is 50.2 Å². The Kier molecular flexibility index (Phi) is 6.89. The maximum Gasteiger partial charge on any atom is 0.241 e. The number of benzene rings is 2. The molecule has 0 aliphatic rings. The van der Waals surface area contributed by atoms with Crippen LogP contribution in [0.1, 0.15) is 18.1 Å². The van der Waals surface area contributed by atoms with Crippen LogP contribution in [-0.2, 0) is 11.3 Å². The number of carbonyl (C=O) groups is 1. The summed E-state index contributed by atoms with van der Waals surface area (Å²) in [6, 6.07) is 11.0. The number of rotatable bonds is 7. The number of hydrogen-bond donors (Lipinski definition) is 1. The number of halogens is 1. The Balaban J connectivity index is 2.08. The molecule has 0 fully saturated rings. The normalized spacial score (nSPS) is 12.0. The third kappa shape index (κ3) is 4.90. The third-order valence-electron chi connectivity index (χ3n) is 4.35. The molecule has 26 heavy (non-hydrogen) atoms. The third-order valence-corrected chi connectivity index (χ3v) is 4.75. The lowest BCUT2D eigenvalue weighted by Crippen LogP contribution is -2.39. The van der Waals surface area contributed by atoms with E-state index in [1.165, 1.54) is 0 Å². The van der Waals surface area contributed by atoms with E-state index in [0.29, 0.717) is 23.0 Å². The monoisotopic (exact) mass is 376 g/mol. The Labute approximate surface area is 159 Å². The molecular formula is C20H25ClN2O3. The van der Waals surface area contributed by atoms with Gasteiger partial charge in [0, 0.05) is 17.6 Å². The number of anilines is 1. The second-order valence-electron chi connectivity index (χ2n) is 6.23. The largest absolute Gasteiger partial charge is 0.497 e. The van der Waals surface area contributed by atoms with Crippen molar-refractivity contribution in [2.75, 3.05) is 26.6 Å². The molecule has 2 rings (SSSR count). The number of nitrogens with one attached hydrogen (secondary N) is 1. The lowest BCUT2D eigenvalue weighted by atomic mass is 10.1. The molecule has 0 aliphatic heterocycles. The summed E-state index contributed by atoms with van der Waals surface area (Å²) in [6.45, 7) is 4.38. The standard InChI is InChI=1S/C20H25ClN2O3/c1-13-9-18(19(26-5)11-17(13)21)22-20(24)14(2)23(3)12-15-7-6-8-16(10-15)25-4/h6-11,14H,12H2,1-5H3,(H,22,24). The molecule has 2 aromatic rings. The number of aryl methyl sites for hydroxylation is 1. The molecule has 0 aromatic heterocycles. The molecular weight excluding hydrogens is 352 g/mol. The van der Waals surface area contributed by atoms with E-state index in [4.69, 9.17) is 21.1 Å². The van der Waals surface area contributed by atoms with E-state index in [2.05, 4.69) is 5.32 Å². The number of nitrogens with zero attached hydrogens (tertiary/aromatic N) is 1. The molecule has 2 aromatic carbocycles. The van der Waals surface area contributed by atoms with Crippen LogP contribution >= 0.6 is 11.6 Å². The number of hydrogen-bond acceptors (Lipinski definition) is 4. The molecule has 0 spiro atoms. The average molecular weight is 377 g/mol. The van der Waals surface area contributed by atoms with Crippen LogP contribution in [0.3, 0.4) is 0 Å². The number of ether oxygens (including phenoxy) is 2. The van der Waals surface area contributed by atoms with Crippen LogP contribution in [0.15, 0.2) is 36.4 Å². The lowest BCUT2D eigenvalue weighted by Gasteiger charge is -2.24. The van der Waals surface area contributed by atoms with Gasteiger partial charge in [0.25, 0.3) is 0 Å². The quantitative estimate of drug-likeness (QED) is 0.789. The molecule has 140 valence electrons. The fourth-order valence-corrected chi connectivity index (χ4v) is 2.72. The summed E-state index contributed by atoms with van der Waals surface area (Å²) in [5.74, 6) is 1.22. The Hall–Kier alpha value is -2.24. The summed E-state index contributed by atoms with van der Waals surface area (Å²) in [5, 5.41) is 3.53. The summed E-state index contributed by atoms with van der Waals surface area (Å²) in [6.07, 6.45) is 0. The van der Waals surface area contributed by atoms with Crippen molar-refractivity contribution in [2.45, 2.75) is 26.4 Å². The molecule has 0 aliphatic carbocycles. The SMILES string of the molecule is COc1cccc(CN(C)C(C)C(=O)Nc2cc(C)c(Cl)cc2OC)c1. The molecule has 0 bridgehead atoms. The van der Waals surface area contributed by atoms with Gasteiger partial charge in [0.05, 0.1) is 25.9 Å². The molecule has 0 heterocycles. The second kappa shape index (κ2) is 8.92. The zero-order valence-electron chi connectivity index (χ0n) is 15.8. The van der Waals surface area contributed by atoms with Crippen molar-refractivity contribution in [3.63, 3.8) is 0 Å². The van der Waals surface area contributed by atoms with Crippen LogP contribution in [-0.4, -0.2) is 38.1 Å². The van der Waals surface area contributed by atoms with E-state index in [0.717, 1.165) is 16.9 Å². The van der Waals surface area contributed by atoms with Crippen LogP contribution in [0.4, 0.5) is 5.69 Å². The molecule has 0 saturated heterocycles. The van der Waals surface area contributed by atoms with Gasteiger partial charge in [-0.2, -0.15) is 0 Å². The predicted molar refractivity (Wildman–Crippen MR) is 105 cm³/mol. The van der Waals surface area contributed by atoms with Gasteiger partial charge in [-0.1, -0.05) is 23.7 Å². The van der Waals surface area contributed by atoms with Gasteiger partial charge in [0.15, 0.2) is 0 Å². The first-order chi connectivity index (χ1) is 12.3. The molecule has 1 amide bonds. The van der Waals surface area contributed by atoms with Crippen LogP contribution < -0.4 is 14.8 Å². The zero-order chi connectivity index (χ0) is 19.3. The Morgan fingerprint density at radius 2 is 1.96 bits per heavy atom. The minimum absolute atomic E-state index is 0.115. The number of likely N-dealkylation sites (N-methyl/N-ethyl adjacent to an activating group) is 1. The van der Waals surface area contributed by atoms with Gasteiger partial charge in [-0.25, -0.2) is 0 Å². The molecule has 5 nitrogen and oxygen atoms in total. The highest BCUT2D eigenvalue weighted by Gasteiger charge is 2.20. The lowest BCUT2D eigenvalue weighted by molar-refractivity contribution is -0.120. The summed E-state index contributed by atoms with van der Waals surface area (Å²) in [4.78, 5) is 14.6. The Bertz CT molecular complexity index is 780. The predicted octanol–water partition coefficient (Wildman–Crippen LogP) is 4.12. The van der Waals surface area contributed by atoms with Gasteiger partial charge in [0.2, 0.25) is 5.91 Å². The molecule has 6 heteroatoms. The van der Waals surface area contributed by atoms with Crippen molar-refractivity contribution >= 4 is 23.2 Å². The highest BCUT2D eigenvalue weighted by molar-refractivity contribution is 6.31. The first-order valence-electron chi connectivity index (χ1n) is 8.34. The minimum Gasteiger partial charge on any atom is -0.497 e. The van der Waals surface area contributed by atoms with E-state index in [1.54, 1.807) is 20.3 Å². The fraction of sp³-hybridized carbons (Fsp3) is 0.350. The minimum atomic E-state index is -0.332. The second-order valence-corrected chi connectivity index (χ2v) is 6.64. The molecule has 1 N–H and O–H groups in total. The summed E-state index contributed by atoms with van der Waals surface area (Å²) in [7, 11) is 5.10. The Morgan fingerprint density at radius 3 is 2.62 bits per heavy atom. The first-order valence-corrected chi connectivity index (χ1v) is 8.71. The fourth-order valence-electron chi connectivity index (χ4n) is 2.56.